The SMILES string of the molecule is COC1=CC2=C(CC1OCCCC(=O)Nc1cn(C)c(C=O)n1)N=CCSCCCNC2=O. The molecule has 178 valence electrons. The van der Waals surface area contributed by atoms with Gasteiger partial charge in [0.25, 0.3) is 5.91 Å². The largest absolute Gasteiger partial charge is 0.498 e. The van der Waals surface area contributed by atoms with Crippen LogP contribution in [0.3, 0.4) is 0 Å². The van der Waals surface area contributed by atoms with Crippen molar-refractivity contribution in [3.8, 4) is 0 Å². The number of ether oxygens (including phenoxy) is 2. The Balaban J connectivity index is 1.54. The van der Waals surface area contributed by atoms with Crippen LogP contribution in [-0.4, -0.2) is 71.7 Å². The maximum atomic E-state index is 12.6. The second kappa shape index (κ2) is 12.4. The number of carbonyl (C=O) groups is 3. The van der Waals surface area contributed by atoms with Crippen molar-refractivity contribution >= 4 is 41.9 Å². The van der Waals surface area contributed by atoms with Crippen LogP contribution in [0.25, 0.3) is 0 Å². The number of carbonyl (C=O) groups excluding carboxylic acids is 3. The highest BCUT2D eigenvalue weighted by molar-refractivity contribution is 7.99. The first-order valence-corrected chi connectivity index (χ1v) is 11.9. The Bertz CT molecular complexity index is 968. The number of methoxy groups -OCH3 is 1. The molecule has 0 fully saturated rings. The number of hydrogen-bond donors (Lipinski definition) is 2. The Morgan fingerprint density at radius 1 is 1.45 bits per heavy atom. The Kier molecular flexibility index (Phi) is 9.25. The van der Waals surface area contributed by atoms with Gasteiger partial charge in [0.15, 0.2) is 17.9 Å². The van der Waals surface area contributed by atoms with Gasteiger partial charge >= 0.3 is 0 Å². The molecular formula is C22H29N5O5S. The van der Waals surface area contributed by atoms with Crippen LogP contribution in [0, 0.1) is 0 Å². The monoisotopic (exact) mass is 475 g/mol. The van der Waals surface area contributed by atoms with E-state index in [0.29, 0.717) is 55.1 Å². The van der Waals surface area contributed by atoms with Gasteiger partial charge in [-0.2, -0.15) is 11.8 Å². The minimum absolute atomic E-state index is 0.161. The van der Waals surface area contributed by atoms with Crippen molar-refractivity contribution in [2.75, 3.05) is 37.1 Å². The number of amides is 2. The smallest absolute Gasteiger partial charge is 0.253 e. The van der Waals surface area contributed by atoms with E-state index < -0.39 is 0 Å². The van der Waals surface area contributed by atoms with Crippen molar-refractivity contribution in [2.24, 2.45) is 12.0 Å². The van der Waals surface area contributed by atoms with Gasteiger partial charge in [-0.15, -0.1) is 0 Å². The average molecular weight is 476 g/mol. The van der Waals surface area contributed by atoms with Gasteiger partial charge in [0.1, 0.15) is 11.9 Å². The van der Waals surface area contributed by atoms with Crippen LogP contribution in [0.2, 0.25) is 0 Å². The third-order valence-corrected chi connectivity index (χ3v) is 6.08. The van der Waals surface area contributed by atoms with E-state index in [-0.39, 0.29) is 30.2 Å². The molecule has 2 amide bonds. The zero-order valence-electron chi connectivity index (χ0n) is 18.8. The molecule has 33 heavy (non-hydrogen) atoms. The molecule has 10 nitrogen and oxygen atoms in total. The second-order valence-electron chi connectivity index (χ2n) is 7.54. The number of aryl methyl sites for hydroxylation is 1. The number of anilines is 1. The van der Waals surface area contributed by atoms with E-state index in [0.717, 1.165) is 17.9 Å². The summed E-state index contributed by atoms with van der Waals surface area (Å²) in [6, 6.07) is 0. The molecule has 0 spiro atoms. The standard InChI is InChI=1S/C22H29N5O5S/c1-27-13-19(25-20(27)14-28)26-21(29)5-3-8-32-18-12-16-15(11-17(18)31-2)22(30)24-6-4-9-33-10-7-23-16/h7,11,13-14,18H,3-6,8-10,12H2,1-2H3,(H,24,30)(H,26,29). The number of aldehydes is 1. The predicted octanol–water partition coefficient (Wildman–Crippen LogP) is 1.85. The van der Waals surface area contributed by atoms with Crippen molar-refractivity contribution in [1.29, 1.82) is 0 Å². The summed E-state index contributed by atoms with van der Waals surface area (Å²) in [6.45, 7) is 0.949. The fourth-order valence-corrected chi connectivity index (χ4v) is 4.12. The number of nitrogens with zero attached hydrogens (tertiary/aromatic N) is 3. The Morgan fingerprint density at radius 2 is 2.30 bits per heavy atom. The number of aromatic nitrogens is 2. The fraction of sp³-hybridized carbons (Fsp3) is 0.500. The van der Waals surface area contributed by atoms with Gasteiger partial charge in [-0.05, 0) is 24.7 Å². The average Bonchev–Trinajstić information content (AvgIpc) is 3.14. The maximum Gasteiger partial charge on any atom is 0.253 e. The molecule has 0 saturated heterocycles. The molecule has 1 aliphatic heterocycles. The second-order valence-corrected chi connectivity index (χ2v) is 8.69. The lowest BCUT2D eigenvalue weighted by molar-refractivity contribution is -0.118. The molecule has 2 N–H and O–H groups in total. The molecule has 1 unspecified atom stereocenters. The maximum absolute atomic E-state index is 12.6. The third kappa shape index (κ3) is 7.03. The molecule has 0 radical (unpaired) electrons. The van der Waals surface area contributed by atoms with Crippen LogP contribution in [0.5, 0.6) is 0 Å². The van der Waals surface area contributed by atoms with Gasteiger partial charge in [-0.1, -0.05) is 0 Å². The van der Waals surface area contributed by atoms with E-state index in [2.05, 4.69) is 20.6 Å². The molecular weight excluding hydrogens is 446 g/mol. The zero-order valence-corrected chi connectivity index (χ0v) is 19.7. The molecule has 1 aliphatic carbocycles. The lowest BCUT2D eigenvalue weighted by Gasteiger charge is -2.25. The van der Waals surface area contributed by atoms with Crippen LogP contribution in [0.1, 0.15) is 36.3 Å². The van der Waals surface area contributed by atoms with E-state index in [1.54, 1.807) is 42.8 Å². The molecule has 0 aromatic carbocycles. The number of hydrogen-bond acceptors (Lipinski definition) is 8. The van der Waals surface area contributed by atoms with E-state index >= 15 is 0 Å². The Morgan fingerprint density at radius 3 is 3.06 bits per heavy atom. The fourth-order valence-electron chi connectivity index (χ4n) is 3.42. The number of imidazole rings is 1. The normalized spacial score (nSPS) is 19.2. The summed E-state index contributed by atoms with van der Waals surface area (Å²) in [5, 5.41) is 5.61. The molecule has 2 heterocycles. The van der Waals surface area contributed by atoms with E-state index in [1.165, 1.54) is 0 Å². The Hall–Kier alpha value is -2.92. The molecule has 11 heteroatoms. The first-order valence-electron chi connectivity index (χ1n) is 10.8. The minimum atomic E-state index is -0.384. The van der Waals surface area contributed by atoms with Crippen LogP contribution >= 0.6 is 11.8 Å². The number of thioether (sulfide) groups is 1. The van der Waals surface area contributed by atoms with Crippen LogP contribution in [0.4, 0.5) is 5.82 Å². The summed E-state index contributed by atoms with van der Waals surface area (Å²) in [6.07, 6.45) is 7.39. The first kappa shape index (κ1) is 24.7. The molecule has 1 atom stereocenters. The van der Waals surface area contributed by atoms with Gasteiger partial charge in [0, 0.05) is 51.2 Å². The highest BCUT2D eigenvalue weighted by Gasteiger charge is 2.28. The van der Waals surface area contributed by atoms with Gasteiger partial charge in [-0.3, -0.25) is 19.4 Å². The Labute approximate surface area is 196 Å². The topological polar surface area (TPSA) is 124 Å². The van der Waals surface area contributed by atoms with Crippen molar-refractivity contribution < 1.29 is 23.9 Å². The summed E-state index contributed by atoms with van der Waals surface area (Å²) in [4.78, 5) is 44.2. The van der Waals surface area contributed by atoms with Crippen LogP contribution < -0.4 is 10.6 Å². The van der Waals surface area contributed by atoms with E-state index in [1.807, 2.05) is 6.21 Å². The minimum Gasteiger partial charge on any atom is -0.498 e. The summed E-state index contributed by atoms with van der Waals surface area (Å²) < 4.78 is 13.0. The summed E-state index contributed by atoms with van der Waals surface area (Å²) in [7, 11) is 3.23. The number of aliphatic imine (C=N–C) groups is 1. The summed E-state index contributed by atoms with van der Waals surface area (Å²) >= 11 is 1.78. The molecule has 0 bridgehead atoms. The van der Waals surface area contributed by atoms with Crippen molar-refractivity contribution in [3.63, 3.8) is 0 Å². The van der Waals surface area contributed by atoms with E-state index in [4.69, 9.17) is 9.47 Å². The van der Waals surface area contributed by atoms with Crippen LogP contribution in [-0.2, 0) is 26.1 Å². The first-order chi connectivity index (χ1) is 16.0. The molecule has 0 saturated carbocycles. The number of nitrogens with one attached hydrogen (secondary N) is 2. The molecule has 3 rings (SSSR count). The lowest BCUT2D eigenvalue weighted by Crippen LogP contribution is -2.30. The van der Waals surface area contributed by atoms with E-state index in [9.17, 15) is 14.4 Å². The van der Waals surface area contributed by atoms with Crippen molar-refractivity contribution in [1.82, 2.24) is 14.9 Å². The van der Waals surface area contributed by atoms with Crippen LogP contribution in [0.15, 0.2) is 34.3 Å². The van der Waals surface area contributed by atoms with Gasteiger partial charge < -0.3 is 24.7 Å². The molecule has 2 aliphatic rings. The number of rotatable bonds is 8. The summed E-state index contributed by atoms with van der Waals surface area (Å²) in [5.74, 6) is 2.51. The molecule has 1 aromatic rings. The van der Waals surface area contributed by atoms with Crippen molar-refractivity contribution in [2.45, 2.75) is 31.8 Å². The van der Waals surface area contributed by atoms with Gasteiger partial charge in [0.05, 0.1) is 18.4 Å². The van der Waals surface area contributed by atoms with Gasteiger partial charge in [0.2, 0.25) is 5.91 Å². The third-order valence-electron chi connectivity index (χ3n) is 5.12. The highest BCUT2D eigenvalue weighted by atomic mass is 32.2. The predicted molar refractivity (Wildman–Crippen MR) is 126 cm³/mol. The highest BCUT2D eigenvalue weighted by Crippen LogP contribution is 2.28. The van der Waals surface area contributed by atoms with Crippen molar-refractivity contribution in [3.05, 3.63) is 35.1 Å². The van der Waals surface area contributed by atoms with Gasteiger partial charge in [-0.25, -0.2) is 4.98 Å². The molecule has 1 aromatic heterocycles. The quantitative estimate of drug-likeness (QED) is 0.434. The zero-order chi connectivity index (χ0) is 23.6. The lowest BCUT2D eigenvalue weighted by atomic mass is 9.98. The summed E-state index contributed by atoms with van der Waals surface area (Å²) in [5.41, 5.74) is 1.17.